The lowest BCUT2D eigenvalue weighted by molar-refractivity contribution is 0.0526. The van der Waals surface area contributed by atoms with Crippen LogP contribution in [0.1, 0.15) is 22.8 Å². The molecule has 1 heterocycles. The van der Waals surface area contributed by atoms with Crippen molar-refractivity contribution < 1.29 is 17.9 Å². The van der Waals surface area contributed by atoms with Gasteiger partial charge in [0.05, 0.1) is 33.8 Å². The maximum Gasteiger partial charge on any atom is 0.338 e. The van der Waals surface area contributed by atoms with E-state index in [1.807, 2.05) is 12.1 Å². The van der Waals surface area contributed by atoms with Gasteiger partial charge in [-0.25, -0.2) is 13.2 Å². The third-order valence-corrected chi connectivity index (χ3v) is 7.43. The Morgan fingerprint density at radius 3 is 2.42 bits per heavy atom. The number of nitrogens with zero attached hydrogens (tertiary/aromatic N) is 1. The van der Waals surface area contributed by atoms with Gasteiger partial charge in [-0.3, -0.25) is 14.1 Å². The van der Waals surface area contributed by atoms with Crippen LogP contribution in [0.15, 0.2) is 76.4 Å². The second-order valence-electron chi connectivity index (χ2n) is 7.11. The number of ether oxygens (including phenoxy) is 1. The smallest absolute Gasteiger partial charge is 0.338 e. The number of halogens is 1. The number of benzene rings is 3. The molecule has 7 nitrogen and oxygen atoms in total. The summed E-state index contributed by atoms with van der Waals surface area (Å²) in [5.41, 5.74) is 2.19. The predicted octanol–water partition coefficient (Wildman–Crippen LogP) is 4.74. The summed E-state index contributed by atoms with van der Waals surface area (Å²) in [6.07, 6.45) is 0. The zero-order chi connectivity index (χ0) is 23.6. The minimum absolute atomic E-state index is 0.0318. The van der Waals surface area contributed by atoms with E-state index in [0.29, 0.717) is 33.0 Å². The normalized spacial score (nSPS) is 11.5. The van der Waals surface area contributed by atoms with Crippen LogP contribution in [-0.2, 0) is 21.3 Å². The number of carbonyl (C=O) groups is 1. The van der Waals surface area contributed by atoms with E-state index in [2.05, 4.69) is 4.72 Å². The van der Waals surface area contributed by atoms with Crippen molar-refractivity contribution >= 4 is 54.8 Å². The quantitative estimate of drug-likeness (QED) is 0.368. The molecule has 0 radical (unpaired) electrons. The van der Waals surface area contributed by atoms with E-state index in [-0.39, 0.29) is 16.4 Å². The summed E-state index contributed by atoms with van der Waals surface area (Å²) >= 11 is 6.91. The van der Waals surface area contributed by atoms with Crippen molar-refractivity contribution in [2.75, 3.05) is 11.3 Å². The Hall–Kier alpha value is -3.14. The number of thiazole rings is 1. The number of carbonyl (C=O) groups excluding carboxylic acids is 1. The number of hydrogen-bond donors (Lipinski definition) is 1. The number of esters is 1. The van der Waals surface area contributed by atoms with Crippen LogP contribution in [-0.4, -0.2) is 25.6 Å². The zero-order valence-corrected chi connectivity index (χ0v) is 19.8. The molecule has 0 spiro atoms. The Morgan fingerprint density at radius 1 is 1.06 bits per heavy atom. The highest BCUT2D eigenvalue weighted by molar-refractivity contribution is 7.92. The molecule has 0 unspecified atom stereocenters. The summed E-state index contributed by atoms with van der Waals surface area (Å²) in [5, 5.41) is 0.610. The number of anilines is 1. The minimum Gasteiger partial charge on any atom is -0.462 e. The SMILES string of the molecule is CCOC(=O)c1ccc(NS(=O)(=O)c2ccc3c(c2)sc(=O)n3Cc2ccc(Cl)cc2)cc1. The summed E-state index contributed by atoms with van der Waals surface area (Å²) in [6.45, 7) is 2.32. The lowest BCUT2D eigenvalue weighted by atomic mass is 10.2. The summed E-state index contributed by atoms with van der Waals surface area (Å²) < 4.78 is 35.3. The van der Waals surface area contributed by atoms with Crippen LogP contribution >= 0.6 is 22.9 Å². The van der Waals surface area contributed by atoms with Gasteiger partial charge in [0.1, 0.15) is 0 Å². The first-order valence-corrected chi connectivity index (χ1v) is 12.6. The van der Waals surface area contributed by atoms with Gasteiger partial charge in [-0.1, -0.05) is 35.1 Å². The topological polar surface area (TPSA) is 94.5 Å². The molecule has 0 atom stereocenters. The number of aromatic nitrogens is 1. The second-order valence-corrected chi connectivity index (χ2v) is 10.2. The van der Waals surface area contributed by atoms with Gasteiger partial charge in [0.25, 0.3) is 10.0 Å². The van der Waals surface area contributed by atoms with Gasteiger partial charge in [0, 0.05) is 10.7 Å². The first-order valence-electron chi connectivity index (χ1n) is 9.94. The molecule has 0 aliphatic rings. The molecule has 0 bridgehead atoms. The number of rotatable bonds is 7. The van der Waals surface area contributed by atoms with Crippen molar-refractivity contribution in [2.45, 2.75) is 18.4 Å². The predicted molar refractivity (Wildman–Crippen MR) is 130 cm³/mol. The van der Waals surface area contributed by atoms with Crippen LogP contribution in [0.3, 0.4) is 0 Å². The van der Waals surface area contributed by atoms with Gasteiger partial charge in [0.2, 0.25) is 0 Å². The van der Waals surface area contributed by atoms with Crippen LogP contribution < -0.4 is 9.60 Å². The largest absolute Gasteiger partial charge is 0.462 e. The molecule has 0 saturated carbocycles. The van der Waals surface area contributed by atoms with Crippen LogP contribution in [0, 0.1) is 0 Å². The molecule has 4 rings (SSSR count). The fraction of sp³-hybridized carbons (Fsp3) is 0.130. The fourth-order valence-corrected chi connectivity index (χ4v) is 5.45. The third-order valence-electron chi connectivity index (χ3n) is 4.85. The van der Waals surface area contributed by atoms with Crippen molar-refractivity contribution in [2.24, 2.45) is 0 Å². The Bertz CT molecular complexity index is 1470. The average Bonchev–Trinajstić information content (AvgIpc) is 3.10. The molecule has 0 amide bonds. The average molecular weight is 503 g/mol. The molecule has 33 heavy (non-hydrogen) atoms. The highest BCUT2D eigenvalue weighted by Gasteiger charge is 2.18. The molecule has 1 N–H and O–H groups in total. The Labute approximate surface area is 199 Å². The summed E-state index contributed by atoms with van der Waals surface area (Å²) in [4.78, 5) is 24.2. The number of hydrogen-bond acceptors (Lipinski definition) is 6. The van der Waals surface area contributed by atoms with Crippen molar-refractivity contribution in [1.29, 1.82) is 0 Å². The van der Waals surface area contributed by atoms with E-state index in [1.54, 1.807) is 29.7 Å². The standard InChI is InChI=1S/C23H19ClN2O5S2/c1-2-31-22(27)16-5-9-18(10-6-16)25-33(29,30)19-11-12-20-21(13-19)32-23(28)26(20)14-15-3-7-17(24)8-4-15/h3-13,25H,2,14H2,1H3. The monoisotopic (exact) mass is 502 g/mol. The molecule has 1 aromatic heterocycles. The Morgan fingerprint density at radius 2 is 1.76 bits per heavy atom. The van der Waals surface area contributed by atoms with Gasteiger partial charge >= 0.3 is 10.8 Å². The second kappa shape index (κ2) is 9.38. The van der Waals surface area contributed by atoms with Gasteiger partial charge in [-0.2, -0.15) is 0 Å². The first-order chi connectivity index (χ1) is 15.8. The lowest BCUT2D eigenvalue weighted by Gasteiger charge is -2.09. The van der Waals surface area contributed by atoms with Crippen LogP contribution in [0.4, 0.5) is 5.69 Å². The van der Waals surface area contributed by atoms with Gasteiger partial charge in [-0.05, 0) is 67.1 Å². The van der Waals surface area contributed by atoms with E-state index >= 15 is 0 Å². The van der Waals surface area contributed by atoms with Crippen LogP contribution in [0.5, 0.6) is 0 Å². The Balaban J connectivity index is 1.58. The maximum absolute atomic E-state index is 12.9. The van der Waals surface area contributed by atoms with E-state index < -0.39 is 16.0 Å². The van der Waals surface area contributed by atoms with Crippen LogP contribution in [0.25, 0.3) is 10.2 Å². The van der Waals surface area contributed by atoms with Crippen molar-refractivity contribution in [3.8, 4) is 0 Å². The van der Waals surface area contributed by atoms with E-state index in [1.165, 1.54) is 36.4 Å². The van der Waals surface area contributed by atoms with E-state index in [9.17, 15) is 18.0 Å². The summed E-state index contributed by atoms with van der Waals surface area (Å²) in [5.74, 6) is -0.477. The molecule has 0 aliphatic heterocycles. The molecule has 0 aliphatic carbocycles. The van der Waals surface area contributed by atoms with Gasteiger partial charge in [-0.15, -0.1) is 0 Å². The lowest BCUT2D eigenvalue weighted by Crippen LogP contribution is -2.14. The highest BCUT2D eigenvalue weighted by atomic mass is 35.5. The molecule has 0 saturated heterocycles. The minimum atomic E-state index is -3.90. The van der Waals surface area contributed by atoms with Crippen molar-refractivity contribution in [3.05, 3.63) is 92.5 Å². The molecule has 0 fully saturated rings. The molecule has 170 valence electrons. The molecule has 4 aromatic rings. The molecule has 10 heteroatoms. The van der Waals surface area contributed by atoms with Gasteiger partial charge < -0.3 is 4.74 Å². The maximum atomic E-state index is 12.9. The van der Waals surface area contributed by atoms with Gasteiger partial charge in [0.15, 0.2) is 0 Å². The molecular weight excluding hydrogens is 484 g/mol. The molecular formula is C23H19ClN2O5S2. The first kappa shape index (κ1) is 23.0. The van der Waals surface area contributed by atoms with E-state index in [4.69, 9.17) is 16.3 Å². The molecule has 3 aromatic carbocycles. The zero-order valence-electron chi connectivity index (χ0n) is 17.4. The van der Waals surface area contributed by atoms with E-state index in [0.717, 1.165) is 16.9 Å². The Kier molecular flexibility index (Phi) is 6.55. The van der Waals surface area contributed by atoms with Crippen molar-refractivity contribution in [1.82, 2.24) is 4.57 Å². The summed E-state index contributed by atoms with van der Waals surface area (Å²) in [7, 11) is -3.90. The summed E-state index contributed by atoms with van der Waals surface area (Å²) in [6, 6.07) is 17.7. The highest BCUT2D eigenvalue weighted by Crippen LogP contribution is 2.24. The number of sulfonamides is 1. The van der Waals surface area contributed by atoms with Crippen molar-refractivity contribution in [3.63, 3.8) is 0 Å². The fourth-order valence-electron chi connectivity index (χ4n) is 3.24. The third kappa shape index (κ3) is 5.11. The number of nitrogens with one attached hydrogen (secondary N) is 1. The number of fused-ring (bicyclic) bond motifs is 1. The van der Waals surface area contributed by atoms with Crippen LogP contribution in [0.2, 0.25) is 5.02 Å².